The Morgan fingerprint density at radius 2 is 1.82 bits per heavy atom. The standard InChI is InChI=1S/C21H21F3N2O6S/c1-30-18-8-6-15(14-19(18)33(28,29)26-10-12-31-13-11-26)7-9-20(27)25-16-4-2-3-5-17(16)32-21(22,23)24/h2-9,14H,10-13H2,1H3,(H,25,27)/b9-7+. The van der Waals surface area contributed by atoms with Crippen LogP contribution in [0, 0.1) is 0 Å². The molecule has 0 aliphatic carbocycles. The number of hydrogen-bond acceptors (Lipinski definition) is 6. The fourth-order valence-electron chi connectivity index (χ4n) is 3.05. The van der Waals surface area contributed by atoms with Crippen LogP contribution in [0.2, 0.25) is 0 Å². The lowest BCUT2D eigenvalue weighted by molar-refractivity contribution is -0.274. The zero-order valence-corrected chi connectivity index (χ0v) is 18.3. The van der Waals surface area contributed by atoms with Crippen LogP contribution in [0.15, 0.2) is 53.4 Å². The number of sulfonamides is 1. The minimum atomic E-state index is -4.91. The number of carbonyl (C=O) groups excluding carboxylic acids is 1. The summed E-state index contributed by atoms with van der Waals surface area (Å²) in [6, 6.07) is 9.45. The third-order valence-electron chi connectivity index (χ3n) is 4.57. The molecule has 0 radical (unpaired) electrons. The predicted molar refractivity (Wildman–Crippen MR) is 113 cm³/mol. The smallest absolute Gasteiger partial charge is 0.495 e. The number of ether oxygens (including phenoxy) is 3. The topological polar surface area (TPSA) is 94.2 Å². The summed E-state index contributed by atoms with van der Waals surface area (Å²) in [5.41, 5.74) is 0.201. The molecule has 1 saturated heterocycles. The molecule has 33 heavy (non-hydrogen) atoms. The van der Waals surface area contributed by atoms with Crippen molar-refractivity contribution in [3.05, 3.63) is 54.1 Å². The molecule has 0 aromatic heterocycles. The van der Waals surface area contributed by atoms with Crippen LogP contribution in [0.3, 0.4) is 0 Å². The molecule has 2 aromatic rings. The van der Waals surface area contributed by atoms with Crippen molar-refractivity contribution >= 4 is 27.7 Å². The summed E-state index contributed by atoms with van der Waals surface area (Å²) in [4.78, 5) is 12.2. The molecule has 3 rings (SSSR count). The second-order valence-electron chi connectivity index (χ2n) is 6.79. The minimum Gasteiger partial charge on any atom is -0.495 e. The van der Waals surface area contributed by atoms with E-state index in [9.17, 15) is 26.4 Å². The summed E-state index contributed by atoms with van der Waals surface area (Å²) in [5.74, 6) is -1.15. The Morgan fingerprint density at radius 1 is 1.12 bits per heavy atom. The Bertz CT molecular complexity index is 1130. The summed E-state index contributed by atoms with van der Waals surface area (Å²) < 4.78 is 79.3. The van der Waals surface area contributed by atoms with Crippen molar-refractivity contribution in [1.29, 1.82) is 0 Å². The molecule has 1 heterocycles. The van der Waals surface area contributed by atoms with Gasteiger partial charge in [0.1, 0.15) is 10.6 Å². The number of alkyl halides is 3. The van der Waals surface area contributed by atoms with Crippen molar-refractivity contribution in [2.24, 2.45) is 0 Å². The van der Waals surface area contributed by atoms with Crippen molar-refractivity contribution < 1.29 is 40.6 Å². The molecule has 8 nitrogen and oxygen atoms in total. The highest BCUT2D eigenvalue weighted by molar-refractivity contribution is 7.89. The molecule has 1 N–H and O–H groups in total. The molecule has 1 fully saturated rings. The lowest BCUT2D eigenvalue weighted by atomic mass is 10.2. The highest BCUT2D eigenvalue weighted by Crippen LogP contribution is 2.31. The Balaban J connectivity index is 1.79. The second-order valence-corrected chi connectivity index (χ2v) is 8.70. The van der Waals surface area contributed by atoms with Gasteiger partial charge >= 0.3 is 6.36 Å². The predicted octanol–water partition coefficient (Wildman–Crippen LogP) is 3.27. The third-order valence-corrected chi connectivity index (χ3v) is 6.49. The first-order valence-electron chi connectivity index (χ1n) is 9.70. The highest BCUT2D eigenvalue weighted by atomic mass is 32.2. The van der Waals surface area contributed by atoms with E-state index in [-0.39, 0.29) is 42.6 Å². The van der Waals surface area contributed by atoms with Crippen LogP contribution in [-0.4, -0.2) is 58.4 Å². The van der Waals surface area contributed by atoms with Gasteiger partial charge in [0.2, 0.25) is 15.9 Å². The quantitative estimate of drug-likeness (QED) is 0.604. The monoisotopic (exact) mass is 486 g/mol. The van der Waals surface area contributed by atoms with Gasteiger partial charge in [0.15, 0.2) is 5.75 Å². The van der Waals surface area contributed by atoms with Crippen LogP contribution in [-0.2, 0) is 19.6 Å². The molecular weight excluding hydrogens is 465 g/mol. The summed E-state index contributed by atoms with van der Waals surface area (Å²) in [6.45, 7) is 0.961. The largest absolute Gasteiger partial charge is 0.573 e. The van der Waals surface area contributed by atoms with Crippen LogP contribution in [0.5, 0.6) is 11.5 Å². The first-order chi connectivity index (χ1) is 15.6. The Labute approximate surface area is 188 Å². The van der Waals surface area contributed by atoms with E-state index in [1.54, 1.807) is 6.07 Å². The van der Waals surface area contributed by atoms with Crippen LogP contribution >= 0.6 is 0 Å². The summed E-state index contributed by atoms with van der Waals surface area (Å²) >= 11 is 0. The average molecular weight is 486 g/mol. The number of hydrogen-bond donors (Lipinski definition) is 1. The lowest BCUT2D eigenvalue weighted by Gasteiger charge is -2.26. The van der Waals surface area contributed by atoms with Gasteiger partial charge in [0.05, 0.1) is 26.0 Å². The molecule has 2 aromatic carbocycles. The van der Waals surface area contributed by atoms with Crippen LogP contribution in [0.1, 0.15) is 5.56 Å². The Hall–Kier alpha value is -3.09. The van der Waals surface area contributed by atoms with Gasteiger partial charge in [-0.3, -0.25) is 4.79 Å². The summed E-state index contributed by atoms with van der Waals surface area (Å²) in [6.07, 6.45) is -2.51. The zero-order chi connectivity index (χ0) is 24.1. The SMILES string of the molecule is COc1ccc(/C=C/C(=O)Nc2ccccc2OC(F)(F)F)cc1S(=O)(=O)N1CCOCC1. The number of nitrogens with zero attached hydrogens (tertiary/aromatic N) is 1. The fraction of sp³-hybridized carbons (Fsp3) is 0.286. The van der Waals surface area contributed by atoms with Gasteiger partial charge in [-0.25, -0.2) is 8.42 Å². The Kier molecular flexibility index (Phi) is 7.61. The molecule has 1 aliphatic rings. The van der Waals surface area contributed by atoms with Crippen molar-refractivity contribution in [1.82, 2.24) is 4.31 Å². The van der Waals surface area contributed by atoms with Crippen molar-refractivity contribution in [2.75, 3.05) is 38.7 Å². The van der Waals surface area contributed by atoms with Gasteiger partial charge in [-0.1, -0.05) is 18.2 Å². The molecular formula is C21H21F3N2O6S. The average Bonchev–Trinajstić information content (AvgIpc) is 2.78. The number of carbonyl (C=O) groups is 1. The number of morpholine rings is 1. The number of benzene rings is 2. The van der Waals surface area contributed by atoms with Gasteiger partial charge in [-0.05, 0) is 35.9 Å². The van der Waals surface area contributed by atoms with E-state index < -0.39 is 28.0 Å². The number of methoxy groups -OCH3 is 1. The fourth-order valence-corrected chi connectivity index (χ4v) is 4.65. The number of nitrogens with one attached hydrogen (secondary N) is 1. The van der Waals surface area contributed by atoms with E-state index in [1.807, 2.05) is 0 Å². The van der Waals surface area contributed by atoms with E-state index in [1.165, 1.54) is 47.8 Å². The Morgan fingerprint density at radius 3 is 2.48 bits per heavy atom. The van der Waals surface area contributed by atoms with E-state index in [4.69, 9.17) is 9.47 Å². The highest BCUT2D eigenvalue weighted by Gasteiger charge is 2.32. The molecule has 12 heteroatoms. The molecule has 0 spiro atoms. The summed E-state index contributed by atoms with van der Waals surface area (Å²) in [7, 11) is -2.52. The molecule has 0 saturated carbocycles. The first-order valence-corrected chi connectivity index (χ1v) is 11.1. The number of para-hydroxylation sites is 2. The molecule has 0 bridgehead atoms. The molecule has 1 aliphatic heterocycles. The van der Waals surface area contributed by atoms with Crippen LogP contribution < -0.4 is 14.8 Å². The number of amides is 1. The maximum atomic E-state index is 13.0. The van der Waals surface area contributed by atoms with Crippen molar-refractivity contribution in [3.8, 4) is 11.5 Å². The number of anilines is 1. The van der Waals surface area contributed by atoms with E-state index in [2.05, 4.69) is 10.1 Å². The van der Waals surface area contributed by atoms with E-state index in [0.717, 1.165) is 12.1 Å². The van der Waals surface area contributed by atoms with Gasteiger partial charge in [0.25, 0.3) is 0 Å². The van der Waals surface area contributed by atoms with Crippen LogP contribution in [0.4, 0.5) is 18.9 Å². The van der Waals surface area contributed by atoms with Crippen molar-refractivity contribution in [2.45, 2.75) is 11.3 Å². The third kappa shape index (κ3) is 6.46. The first kappa shape index (κ1) is 24.6. The summed E-state index contributed by atoms with van der Waals surface area (Å²) in [5, 5.41) is 2.31. The normalized spacial score (nSPS) is 15.4. The van der Waals surface area contributed by atoms with E-state index in [0.29, 0.717) is 5.56 Å². The molecule has 178 valence electrons. The van der Waals surface area contributed by atoms with Crippen molar-refractivity contribution in [3.63, 3.8) is 0 Å². The molecule has 0 atom stereocenters. The van der Waals surface area contributed by atoms with Gasteiger partial charge in [0, 0.05) is 19.2 Å². The maximum Gasteiger partial charge on any atom is 0.573 e. The number of rotatable bonds is 7. The van der Waals surface area contributed by atoms with E-state index >= 15 is 0 Å². The molecule has 0 unspecified atom stereocenters. The van der Waals surface area contributed by atoms with Crippen LogP contribution in [0.25, 0.3) is 6.08 Å². The van der Waals surface area contributed by atoms with Gasteiger partial charge in [-0.2, -0.15) is 4.31 Å². The van der Waals surface area contributed by atoms with Gasteiger partial charge in [-0.15, -0.1) is 13.2 Å². The van der Waals surface area contributed by atoms with Gasteiger partial charge < -0.3 is 19.5 Å². The lowest BCUT2D eigenvalue weighted by Crippen LogP contribution is -2.40. The second kappa shape index (κ2) is 10.2. The molecule has 1 amide bonds. The number of halogens is 3. The zero-order valence-electron chi connectivity index (χ0n) is 17.5. The minimum absolute atomic E-state index is 0.0709. The maximum absolute atomic E-state index is 13.0.